The van der Waals surface area contributed by atoms with Gasteiger partial charge in [0.2, 0.25) is 10.0 Å². The zero-order chi connectivity index (χ0) is 18.3. The SMILES string of the molecule is COc1ccc(S(=O)(=O)N2C[C@@H](C(F)(F)F)[C@H](C(=O)O)C2)cc1F. The van der Waals surface area contributed by atoms with Crippen LogP contribution in [0.4, 0.5) is 17.6 Å². The first-order valence-electron chi connectivity index (χ1n) is 6.61. The number of rotatable bonds is 4. The highest BCUT2D eigenvalue weighted by molar-refractivity contribution is 7.89. The van der Waals surface area contributed by atoms with Gasteiger partial charge in [-0.3, -0.25) is 4.79 Å². The van der Waals surface area contributed by atoms with Gasteiger partial charge in [-0.05, 0) is 18.2 Å². The molecule has 134 valence electrons. The van der Waals surface area contributed by atoms with Crippen LogP contribution in [-0.2, 0) is 14.8 Å². The number of carboxylic acid groups (broad SMARTS) is 1. The molecule has 1 fully saturated rings. The maximum Gasteiger partial charge on any atom is 0.393 e. The van der Waals surface area contributed by atoms with Crippen molar-refractivity contribution in [3.8, 4) is 5.75 Å². The Labute approximate surface area is 134 Å². The van der Waals surface area contributed by atoms with Gasteiger partial charge in [-0.25, -0.2) is 12.8 Å². The van der Waals surface area contributed by atoms with Gasteiger partial charge in [0.05, 0.1) is 23.8 Å². The van der Waals surface area contributed by atoms with E-state index in [-0.39, 0.29) is 5.75 Å². The van der Waals surface area contributed by atoms with E-state index in [9.17, 15) is 30.8 Å². The number of hydrogen-bond acceptors (Lipinski definition) is 4. The molecule has 0 aliphatic carbocycles. The number of carboxylic acids is 1. The van der Waals surface area contributed by atoms with Crippen LogP contribution in [-0.4, -0.2) is 50.2 Å². The molecule has 1 aliphatic rings. The molecular weight excluding hydrogens is 358 g/mol. The van der Waals surface area contributed by atoms with Crippen LogP contribution >= 0.6 is 0 Å². The first-order valence-corrected chi connectivity index (χ1v) is 8.05. The Hall–Kier alpha value is -1.88. The lowest BCUT2D eigenvalue weighted by Crippen LogP contribution is -2.34. The fourth-order valence-corrected chi connectivity index (χ4v) is 4.01. The molecule has 0 saturated carbocycles. The Kier molecular flexibility index (Phi) is 4.77. The number of aliphatic carboxylic acids is 1. The third kappa shape index (κ3) is 3.31. The molecule has 1 heterocycles. The molecule has 11 heteroatoms. The monoisotopic (exact) mass is 371 g/mol. The summed E-state index contributed by atoms with van der Waals surface area (Å²) in [4.78, 5) is 10.4. The smallest absolute Gasteiger partial charge is 0.393 e. The molecule has 0 unspecified atom stereocenters. The van der Waals surface area contributed by atoms with Crippen LogP contribution in [0.1, 0.15) is 0 Å². The molecule has 0 bridgehead atoms. The number of hydrogen-bond donors (Lipinski definition) is 1. The van der Waals surface area contributed by atoms with Gasteiger partial charge >= 0.3 is 12.1 Å². The first kappa shape index (κ1) is 18.5. The molecule has 1 N–H and O–H groups in total. The fraction of sp³-hybridized carbons (Fsp3) is 0.462. The fourth-order valence-electron chi connectivity index (χ4n) is 2.50. The lowest BCUT2D eigenvalue weighted by molar-refractivity contribution is -0.187. The third-order valence-corrected chi connectivity index (χ3v) is 5.61. The molecule has 1 aromatic carbocycles. The van der Waals surface area contributed by atoms with Crippen LogP contribution < -0.4 is 4.74 Å². The quantitative estimate of drug-likeness (QED) is 0.815. The van der Waals surface area contributed by atoms with Crippen molar-refractivity contribution in [2.24, 2.45) is 11.8 Å². The highest BCUT2D eigenvalue weighted by atomic mass is 32.2. The number of sulfonamides is 1. The zero-order valence-electron chi connectivity index (χ0n) is 12.2. The summed E-state index contributed by atoms with van der Waals surface area (Å²) in [5.41, 5.74) is 0. The molecule has 0 radical (unpaired) electrons. The Morgan fingerprint density at radius 1 is 1.33 bits per heavy atom. The van der Waals surface area contributed by atoms with E-state index in [1.165, 1.54) is 7.11 Å². The summed E-state index contributed by atoms with van der Waals surface area (Å²) in [6, 6.07) is 2.62. The Balaban J connectivity index is 2.37. The van der Waals surface area contributed by atoms with E-state index in [0.29, 0.717) is 10.4 Å². The van der Waals surface area contributed by atoms with Crippen LogP contribution in [0.5, 0.6) is 5.75 Å². The Morgan fingerprint density at radius 2 is 1.96 bits per heavy atom. The van der Waals surface area contributed by atoms with Gasteiger partial charge < -0.3 is 9.84 Å². The lowest BCUT2D eigenvalue weighted by Gasteiger charge is -2.18. The average molecular weight is 371 g/mol. The van der Waals surface area contributed by atoms with Crippen molar-refractivity contribution in [1.29, 1.82) is 0 Å². The molecule has 0 amide bonds. The summed E-state index contributed by atoms with van der Waals surface area (Å²) in [5, 5.41) is 8.92. The highest BCUT2D eigenvalue weighted by Gasteiger charge is 2.55. The number of halogens is 4. The van der Waals surface area contributed by atoms with Gasteiger partial charge in [0.25, 0.3) is 0 Å². The van der Waals surface area contributed by atoms with Gasteiger partial charge in [0, 0.05) is 13.1 Å². The van der Waals surface area contributed by atoms with E-state index in [0.717, 1.165) is 12.1 Å². The predicted molar refractivity (Wildman–Crippen MR) is 72.4 cm³/mol. The molecule has 1 aromatic rings. The summed E-state index contributed by atoms with van der Waals surface area (Å²) >= 11 is 0. The second kappa shape index (κ2) is 6.20. The van der Waals surface area contributed by atoms with Crippen LogP contribution in [0, 0.1) is 17.7 Å². The van der Waals surface area contributed by atoms with Gasteiger partial charge in [-0.2, -0.15) is 17.5 Å². The van der Waals surface area contributed by atoms with Gasteiger partial charge in [-0.1, -0.05) is 0 Å². The van der Waals surface area contributed by atoms with Crippen molar-refractivity contribution in [1.82, 2.24) is 4.31 Å². The largest absolute Gasteiger partial charge is 0.494 e. The van der Waals surface area contributed by atoms with E-state index in [2.05, 4.69) is 4.74 Å². The van der Waals surface area contributed by atoms with Gasteiger partial charge in [0.15, 0.2) is 11.6 Å². The molecule has 0 spiro atoms. The third-order valence-electron chi connectivity index (χ3n) is 3.79. The van der Waals surface area contributed by atoms with E-state index in [1.54, 1.807) is 0 Å². The van der Waals surface area contributed by atoms with Crippen molar-refractivity contribution >= 4 is 16.0 Å². The van der Waals surface area contributed by atoms with E-state index >= 15 is 0 Å². The number of methoxy groups -OCH3 is 1. The summed E-state index contributed by atoms with van der Waals surface area (Å²) in [7, 11) is -3.31. The second-order valence-corrected chi connectivity index (χ2v) is 7.15. The van der Waals surface area contributed by atoms with Gasteiger partial charge in [0.1, 0.15) is 0 Å². The van der Waals surface area contributed by atoms with Crippen molar-refractivity contribution in [3.05, 3.63) is 24.0 Å². The predicted octanol–water partition coefficient (Wildman–Crippen LogP) is 1.72. The van der Waals surface area contributed by atoms with Crippen LogP contribution in [0.2, 0.25) is 0 Å². The summed E-state index contributed by atoms with van der Waals surface area (Å²) < 4.78 is 82.3. The van der Waals surface area contributed by atoms with Gasteiger partial charge in [-0.15, -0.1) is 0 Å². The summed E-state index contributed by atoms with van der Waals surface area (Å²) in [6.07, 6.45) is -4.86. The molecule has 1 aliphatic heterocycles. The van der Waals surface area contributed by atoms with Crippen LogP contribution in [0.25, 0.3) is 0 Å². The van der Waals surface area contributed by atoms with Crippen LogP contribution in [0.15, 0.2) is 23.1 Å². The minimum absolute atomic E-state index is 0.230. The first-order chi connectivity index (χ1) is 11.0. The molecule has 2 rings (SSSR count). The zero-order valence-corrected chi connectivity index (χ0v) is 13.1. The molecule has 6 nitrogen and oxygen atoms in total. The minimum atomic E-state index is -4.86. The maximum atomic E-state index is 13.7. The summed E-state index contributed by atoms with van der Waals surface area (Å²) in [5.74, 6) is -7.21. The number of carbonyl (C=O) groups is 1. The number of alkyl halides is 3. The van der Waals surface area contributed by atoms with Crippen molar-refractivity contribution in [3.63, 3.8) is 0 Å². The Bertz CT molecular complexity index is 749. The van der Waals surface area contributed by atoms with Crippen molar-refractivity contribution in [2.75, 3.05) is 20.2 Å². The van der Waals surface area contributed by atoms with Crippen LogP contribution in [0.3, 0.4) is 0 Å². The Morgan fingerprint density at radius 3 is 2.38 bits per heavy atom. The normalized spacial score (nSPS) is 22.5. The molecule has 24 heavy (non-hydrogen) atoms. The standard InChI is InChI=1S/C13H13F4NO5S/c1-23-11-3-2-7(4-10(11)14)24(21,22)18-5-8(12(19)20)9(6-18)13(15,16)17/h2-4,8-9H,5-6H2,1H3,(H,19,20)/t8-,9-/m1/s1. The number of nitrogens with zero attached hydrogens (tertiary/aromatic N) is 1. The highest BCUT2D eigenvalue weighted by Crippen LogP contribution is 2.39. The molecule has 0 aromatic heterocycles. The van der Waals surface area contributed by atoms with E-state index in [1.807, 2.05) is 0 Å². The minimum Gasteiger partial charge on any atom is -0.494 e. The van der Waals surface area contributed by atoms with Crippen molar-refractivity contribution in [2.45, 2.75) is 11.1 Å². The lowest BCUT2D eigenvalue weighted by atomic mass is 9.96. The maximum absolute atomic E-state index is 13.7. The summed E-state index contributed by atoms with van der Waals surface area (Å²) in [6.45, 7) is -1.87. The van der Waals surface area contributed by atoms with E-state index < -0.39 is 57.8 Å². The molecular formula is C13H13F4NO5S. The topological polar surface area (TPSA) is 83.9 Å². The second-order valence-electron chi connectivity index (χ2n) is 5.21. The molecule has 1 saturated heterocycles. The van der Waals surface area contributed by atoms with Crippen molar-refractivity contribution < 1.29 is 40.6 Å². The average Bonchev–Trinajstić information content (AvgIpc) is 2.93. The number of ether oxygens (including phenoxy) is 1. The van der Waals surface area contributed by atoms with E-state index in [4.69, 9.17) is 5.11 Å². The molecule has 2 atom stereocenters. The number of benzene rings is 1.